The van der Waals surface area contributed by atoms with Crippen molar-refractivity contribution in [3.05, 3.63) is 53.9 Å². The fraction of sp³-hybridized carbons (Fsp3) is 0.541. The number of hydrogen-bond donors (Lipinski definition) is 3. The van der Waals surface area contributed by atoms with Gasteiger partial charge in [0.2, 0.25) is 15.9 Å². The van der Waals surface area contributed by atoms with Gasteiger partial charge in [-0.15, -0.1) is 17.9 Å². The number of benzene rings is 1. The van der Waals surface area contributed by atoms with Gasteiger partial charge in [0.1, 0.15) is 29.5 Å². The van der Waals surface area contributed by atoms with Crippen LogP contribution in [0.4, 0.5) is 9.59 Å². The van der Waals surface area contributed by atoms with Crippen molar-refractivity contribution in [1.82, 2.24) is 25.4 Å². The molecule has 3 aliphatic carbocycles. The number of carbonyl (C=O) groups excluding carboxylic acids is 4. The van der Waals surface area contributed by atoms with E-state index in [1.807, 2.05) is 35.7 Å². The van der Waals surface area contributed by atoms with E-state index in [1.54, 1.807) is 39.2 Å². The molecule has 3 N–H and O–H groups in total. The van der Waals surface area contributed by atoms with Gasteiger partial charge in [0.05, 0.1) is 30.7 Å². The SMILES string of the molecule is C=C[C@@H]1CC1(NC(=O)[C@@H]1CC(O/N=C/c2cc(OC)ccc2-c2cccs2)CN1C(=O)N(NC(=O)OC1CCCC1)C(C)(C)C)C(=O)NS(=O)(=O)C1CC1. The summed E-state index contributed by atoms with van der Waals surface area (Å²) in [6.45, 7) is 8.84. The third kappa shape index (κ3) is 8.67. The number of nitrogens with zero attached hydrogens (tertiary/aromatic N) is 3. The molecule has 17 heteroatoms. The molecule has 0 bridgehead atoms. The van der Waals surface area contributed by atoms with Crippen LogP contribution in [0.1, 0.15) is 77.7 Å². The molecule has 1 saturated heterocycles. The van der Waals surface area contributed by atoms with E-state index in [0.717, 1.165) is 46.7 Å². The van der Waals surface area contributed by atoms with Crippen LogP contribution < -0.4 is 20.2 Å². The van der Waals surface area contributed by atoms with Gasteiger partial charge in [-0.2, -0.15) is 0 Å². The standard InChI is InChI=1S/C37H48N6O9S2/c1-6-24-20-37(24,33(45)41-54(48,49)28-14-15-28)39-32(44)30-19-27(52-38-21-23-18-26(50-5)13-16-29(23)31-12-9-17-53-31)22-42(30)35(47)43(36(2,3)4)40-34(46)51-25-10-7-8-11-25/h6,9,12-13,16-18,21,24-25,27-28,30H,1,7-8,10-11,14-15,19-20,22H2,2-5H3,(H,39,44)(H,40,46)(H,41,45)/b38-21+/t24-,27?,30+,37?/m1/s1. The summed E-state index contributed by atoms with van der Waals surface area (Å²) in [7, 11) is -2.34. The van der Waals surface area contributed by atoms with E-state index in [2.05, 4.69) is 27.2 Å². The van der Waals surface area contributed by atoms with Gasteiger partial charge in [0, 0.05) is 28.3 Å². The summed E-state index contributed by atoms with van der Waals surface area (Å²) in [5.74, 6) is -1.46. The molecule has 6 rings (SSSR count). The first-order valence-electron chi connectivity index (χ1n) is 18.1. The second kappa shape index (κ2) is 15.6. The number of rotatable bonds is 12. The van der Waals surface area contributed by atoms with E-state index in [0.29, 0.717) is 18.6 Å². The molecule has 3 saturated carbocycles. The van der Waals surface area contributed by atoms with Gasteiger partial charge in [0.25, 0.3) is 5.91 Å². The van der Waals surface area contributed by atoms with E-state index in [4.69, 9.17) is 14.3 Å². The van der Waals surface area contributed by atoms with Crippen molar-refractivity contribution >= 4 is 51.5 Å². The Morgan fingerprint density at radius 2 is 1.83 bits per heavy atom. The van der Waals surface area contributed by atoms with Gasteiger partial charge in [-0.1, -0.05) is 17.3 Å². The number of hydrazine groups is 1. The first-order valence-corrected chi connectivity index (χ1v) is 20.6. The lowest BCUT2D eigenvalue weighted by Crippen LogP contribution is -2.63. The number of amides is 5. The normalized spacial score (nSPS) is 24.1. The smallest absolute Gasteiger partial charge is 0.426 e. The Kier molecular flexibility index (Phi) is 11.3. The van der Waals surface area contributed by atoms with Crippen LogP contribution >= 0.6 is 11.3 Å². The average Bonchev–Trinajstić information content (AvgIpc) is 3.88. The zero-order chi connectivity index (χ0) is 38.8. The van der Waals surface area contributed by atoms with Gasteiger partial charge in [-0.3, -0.25) is 14.3 Å². The lowest BCUT2D eigenvalue weighted by molar-refractivity contribution is -0.131. The lowest BCUT2D eigenvalue weighted by Gasteiger charge is -2.39. The summed E-state index contributed by atoms with van der Waals surface area (Å²) < 4.78 is 38.5. The molecule has 1 aromatic heterocycles. The van der Waals surface area contributed by atoms with Crippen LogP contribution in [0.3, 0.4) is 0 Å². The molecule has 2 heterocycles. The predicted molar refractivity (Wildman–Crippen MR) is 202 cm³/mol. The average molecular weight is 785 g/mol. The molecule has 0 radical (unpaired) electrons. The molecule has 1 aliphatic heterocycles. The van der Waals surface area contributed by atoms with Crippen molar-refractivity contribution in [2.45, 2.75) is 107 Å². The van der Waals surface area contributed by atoms with E-state index >= 15 is 0 Å². The zero-order valence-corrected chi connectivity index (χ0v) is 32.5. The number of sulfonamides is 1. The first kappa shape index (κ1) is 39.1. The number of oxime groups is 1. The van der Waals surface area contributed by atoms with Gasteiger partial charge in [0.15, 0.2) is 0 Å². The highest BCUT2D eigenvalue weighted by Crippen LogP contribution is 2.45. The summed E-state index contributed by atoms with van der Waals surface area (Å²) in [4.78, 5) is 63.3. The zero-order valence-electron chi connectivity index (χ0n) is 30.9. The first-order chi connectivity index (χ1) is 25.6. The number of thiophene rings is 1. The van der Waals surface area contributed by atoms with Crippen molar-refractivity contribution in [2.24, 2.45) is 11.1 Å². The Balaban J connectivity index is 1.24. The Morgan fingerprint density at radius 1 is 1.09 bits per heavy atom. The molecular weight excluding hydrogens is 737 g/mol. The third-order valence-electron chi connectivity index (χ3n) is 10.1. The second-order valence-electron chi connectivity index (χ2n) is 15.2. The van der Waals surface area contributed by atoms with E-state index in [-0.39, 0.29) is 25.5 Å². The number of ether oxygens (including phenoxy) is 2. The highest BCUT2D eigenvalue weighted by molar-refractivity contribution is 7.91. The summed E-state index contributed by atoms with van der Waals surface area (Å²) in [6.07, 6.45) is 5.59. The molecule has 4 fully saturated rings. The van der Waals surface area contributed by atoms with Crippen LogP contribution in [0.25, 0.3) is 10.4 Å². The minimum Gasteiger partial charge on any atom is -0.497 e. The fourth-order valence-electron chi connectivity index (χ4n) is 6.86. The van der Waals surface area contributed by atoms with Crippen molar-refractivity contribution < 1.29 is 41.9 Å². The Hall–Kier alpha value is -4.64. The van der Waals surface area contributed by atoms with Crippen LogP contribution in [0.2, 0.25) is 0 Å². The number of methoxy groups -OCH3 is 1. The fourth-order valence-corrected chi connectivity index (χ4v) is 9.00. The number of likely N-dealkylation sites (tertiary alicyclic amines) is 1. The number of urea groups is 1. The van der Waals surface area contributed by atoms with Gasteiger partial charge < -0.3 is 24.5 Å². The molecule has 4 aliphatic rings. The van der Waals surface area contributed by atoms with Crippen LogP contribution in [-0.2, 0) is 29.2 Å². The maximum atomic E-state index is 14.4. The third-order valence-corrected chi connectivity index (χ3v) is 12.9. The molecule has 15 nitrogen and oxygen atoms in total. The minimum absolute atomic E-state index is 0.0217. The van der Waals surface area contributed by atoms with Crippen LogP contribution in [0.5, 0.6) is 5.75 Å². The lowest BCUT2D eigenvalue weighted by atomic mass is 10.1. The molecule has 2 unspecified atom stereocenters. The van der Waals surface area contributed by atoms with E-state index < -0.39 is 68.4 Å². The second-order valence-corrected chi connectivity index (χ2v) is 18.1. The van der Waals surface area contributed by atoms with Gasteiger partial charge >= 0.3 is 12.1 Å². The van der Waals surface area contributed by atoms with Crippen molar-refractivity contribution in [3.8, 4) is 16.2 Å². The summed E-state index contributed by atoms with van der Waals surface area (Å²) in [6, 6.07) is 7.62. The molecule has 292 valence electrons. The van der Waals surface area contributed by atoms with Crippen LogP contribution in [0, 0.1) is 5.92 Å². The molecule has 54 heavy (non-hydrogen) atoms. The molecule has 4 atom stereocenters. The molecule has 2 aromatic rings. The summed E-state index contributed by atoms with van der Waals surface area (Å²) in [5.41, 5.74) is 1.69. The van der Waals surface area contributed by atoms with Crippen molar-refractivity contribution in [1.29, 1.82) is 0 Å². The molecule has 1 aromatic carbocycles. The monoisotopic (exact) mass is 784 g/mol. The quantitative estimate of drug-likeness (QED) is 0.156. The Labute approximate surface area is 319 Å². The van der Waals surface area contributed by atoms with Gasteiger partial charge in [-0.05, 0) is 95.4 Å². The van der Waals surface area contributed by atoms with E-state index in [9.17, 15) is 27.6 Å². The van der Waals surface area contributed by atoms with Crippen LogP contribution in [-0.4, -0.2) is 96.7 Å². The summed E-state index contributed by atoms with van der Waals surface area (Å²) >= 11 is 1.56. The number of carbonyl (C=O) groups is 4. The topological polar surface area (TPSA) is 185 Å². The number of hydrogen-bond acceptors (Lipinski definition) is 11. The molecule has 0 spiro atoms. The van der Waals surface area contributed by atoms with Gasteiger partial charge in [-0.25, -0.2) is 28.4 Å². The molecule has 5 amide bonds. The van der Waals surface area contributed by atoms with E-state index in [1.165, 1.54) is 17.2 Å². The maximum absolute atomic E-state index is 14.4. The van der Waals surface area contributed by atoms with Crippen molar-refractivity contribution in [2.75, 3.05) is 13.7 Å². The maximum Gasteiger partial charge on any atom is 0.426 e. The Morgan fingerprint density at radius 3 is 2.44 bits per heavy atom. The van der Waals surface area contributed by atoms with Crippen molar-refractivity contribution in [3.63, 3.8) is 0 Å². The highest BCUT2D eigenvalue weighted by Gasteiger charge is 2.62. The highest BCUT2D eigenvalue weighted by atomic mass is 32.2. The predicted octanol–water partition coefficient (Wildman–Crippen LogP) is 4.69. The van der Waals surface area contributed by atoms with Crippen LogP contribution in [0.15, 0.2) is 53.5 Å². The number of nitrogens with one attached hydrogen (secondary N) is 3. The minimum atomic E-state index is -3.90. The largest absolute Gasteiger partial charge is 0.497 e. The summed E-state index contributed by atoms with van der Waals surface area (Å²) in [5, 5.41) is 9.47. The Bertz CT molecular complexity index is 1890. The molecular formula is C37H48N6O9S2.